The van der Waals surface area contributed by atoms with Crippen molar-refractivity contribution < 1.29 is 4.79 Å². The predicted octanol–water partition coefficient (Wildman–Crippen LogP) is -0.303. The molecule has 0 aliphatic rings. The smallest absolute Gasteiger partial charge is 0.242 e. The van der Waals surface area contributed by atoms with Crippen molar-refractivity contribution in [1.82, 2.24) is 4.98 Å². The second-order valence-corrected chi connectivity index (χ2v) is 2.45. The van der Waals surface area contributed by atoms with Crippen LogP contribution in [0.5, 0.6) is 0 Å². The largest absolute Gasteiger partial charge is 0.387 e. The maximum atomic E-state index is 10.9. The summed E-state index contributed by atoms with van der Waals surface area (Å²) in [6, 6.07) is 9.20. The van der Waals surface area contributed by atoms with Crippen molar-refractivity contribution in [2.45, 2.75) is 0 Å². The Balaban J connectivity index is 2.85. The SMILES string of the molecule is O=C(N[SiH3])c1ccccc1. The van der Waals surface area contributed by atoms with Gasteiger partial charge in [-0.05, 0) is 12.1 Å². The summed E-state index contributed by atoms with van der Waals surface area (Å²) in [7, 11) is 0.708. The maximum absolute atomic E-state index is 10.9. The van der Waals surface area contributed by atoms with Crippen molar-refractivity contribution in [1.29, 1.82) is 0 Å². The highest BCUT2D eigenvalue weighted by molar-refractivity contribution is 6.18. The van der Waals surface area contributed by atoms with Gasteiger partial charge in [0.2, 0.25) is 5.91 Å². The van der Waals surface area contributed by atoms with E-state index in [4.69, 9.17) is 0 Å². The fraction of sp³-hybridized carbons (Fsp3) is 0. The molecular weight excluding hydrogens is 142 g/mol. The molecule has 0 aromatic heterocycles. The molecule has 1 amide bonds. The molecule has 0 unspecified atom stereocenters. The first-order valence-electron chi connectivity index (χ1n) is 3.11. The molecule has 10 heavy (non-hydrogen) atoms. The van der Waals surface area contributed by atoms with Crippen LogP contribution in [0.25, 0.3) is 0 Å². The zero-order chi connectivity index (χ0) is 7.40. The molecule has 0 spiro atoms. The van der Waals surface area contributed by atoms with Gasteiger partial charge in [-0.1, -0.05) is 18.2 Å². The van der Waals surface area contributed by atoms with Crippen LogP contribution < -0.4 is 4.98 Å². The zero-order valence-electron chi connectivity index (χ0n) is 5.79. The van der Waals surface area contributed by atoms with Crippen molar-refractivity contribution in [3.05, 3.63) is 35.9 Å². The van der Waals surface area contributed by atoms with Gasteiger partial charge in [0.15, 0.2) is 0 Å². The van der Waals surface area contributed by atoms with Crippen LogP contribution in [-0.2, 0) is 0 Å². The van der Waals surface area contributed by atoms with E-state index < -0.39 is 0 Å². The van der Waals surface area contributed by atoms with Gasteiger partial charge in [0.25, 0.3) is 0 Å². The van der Waals surface area contributed by atoms with Crippen molar-refractivity contribution in [3.63, 3.8) is 0 Å². The van der Waals surface area contributed by atoms with Crippen LogP contribution in [0.2, 0.25) is 0 Å². The summed E-state index contributed by atoms with van der Waals surface area (Å²) in [6.07, 6.45) is 0. The lowest BCUT2D eigenvalue weighted by Crippen LogP contribution is -2.19. The minimum atomic E-state index is 0.0206. The van der Waals surface area contributed by atoms with E-state index >= 15 is 0 Å². The quantitative estimate of drug-likeness (QED) is 0.548. The number of carbonyl (C=O) groups excluding carboxylic acids is 1. The molecule has 0 aliphatic carbocycles. The Hall–Kier alpha value is -1.09. The Morgan fingerprint density at radius 3 is 2.40 bits per heavy atom. The molecule has 1 aromatic carbocycles. The number of nitrogens with one attached hydrogen (secondary N) is 1. The molecule has 0 bridgehead atoms. The number of carbonyl (C=O) groups is 1. The van der Waals surface area contributed by atoms with Gasteiger partial charge in [0.1, 0.15) is 10.4 Å². The van der Waals surface area contributed by atoms with Crippen LogP contribution in [0, 0.1) is 0 Å². The Bertz CT molecular complexity index is 222. The van der Waals surface area contributed by atoms with Crippen LogP contribution in [0.15, 0.2) is 30.3 Å². The monoisotopic (exact) mass is 151 g/mol. The van der Waals surface area contributed by atoms with E-state index in [9.17, 15) is 4.79 Å². The first kappa shape index (κ1) is 7.02. The number of rotatable bonds is 1. The van der Waals surface area contributed by atoms with Crippen LogP contribution >= 0.6 is 0 Å². The van der Waals surface area contributed by atoms with E-state index in [0.29, 0.717) is 10.4 Å². The first-order chi connectivity index (χ1) is 4.84. The summed E-state index contributed by atoms with van der Waals surface area (Å²) in [5.74, 6) is 0.0206. The van der Waals surface area contributed by atoms with Crippen molar-refractivity contribution in [2.75, 3.05) is 0 Å². The molecule has 2 nitrogen and oxygen atoms in total. The lowest BCUT2D eigenvalue weighted by atomic mass is 10.2. The van der Waals surface area contributed by atoms with E-state index in [1.54, 1.807) is 12.1 Å². The van der Waals surface area contributed by atoms with Gasteiger partial charge in [0, 0.05) is 5.56 Å². The fourth-order valence-electron chi connectivity index (χ4n) is 0.734. The average molecular weight is 151 g/mol. The van der Waals surface area contributed by atoms with Gasteiger partial charge in [0.05, 0.1) is 0 Å². The summed E-state index contributed by atoms with van der Waals surface area (Å²) < 4.78 is 0. The van der Waals surface area contributed by atoms with Crippen molar-refractivity contribution in [2.24, 2.45) is 0 Å². The molecule has 0 saturated heterocycles. The summed E-state index contributed by atoms with van der Waals surface area (Å²) in [5, 5.41) is 0. The second-order valence-electron chi connectivity index (χ2n) is 1.95. The molecule has 0 atom stereocenters. The first-order valence-corrected chi connectivity index (χ1v) is 4.11. The minimum Gasteiger partial charge on any atom is -0.387 e. The molecular formula is C7H9NOSi. The highest BCUT2D eigenvalue weighted by Gasteiger charge is 1.97. The van der Waals surface area contributed by atoms with Crippen molar-refractivity contribution >= 4 is 16.3 Å². The lowest BCUT2D eigenvalue weighted by Gasteiger charge is -1.96. The summed E-state index contributed by atoms with van der Waals surface area (Å²) in [4.78, 5) is 13.6. The molecule has 0 aliphatic heterocycles. The Morgan fingerprint density at radius 1 is 1.30 bits per heavy atom. The molecule has 0 fully saturated rings. The topological polar surface area (TPSA) is 29.1 Å². The second kappa shape index (κ2) is 3.17. The standard InChI is InChI=1S/C7H9NOSi/c9-7(8-10)6-4-2-1-3-5-6/h1-5H,10H3,(H,8,9). The Morgan fingerprint density at radius 2 is 1.90 bits per heavy atom. The third-order valence-corrected chi connectivity index (χ3v) is 1.72. The number of hydrogen-bond acceptors (Lipinski definition) is 1. The summed E-state index contributed by atoms with van der Waals surface area (Å²) in [5.41, 5.74) is 0.734. The molecule has 1 rings (SSSR count). The van der Waals surface area contributed by atoms with Crippen LogP contribution in [0.1, 0.15) is 10.4 Å². The maximum Gasteiger partial charge on any atom is 0.242 e. The van der Waals surface area contributed by atoms with Crippen LogP contribution in [-0.4, -0.2) is 16.3 Å². The predicted molar refractivity (Wildman–Crippen MR) is 43.8 cm³/mol. The van der Waals surface area contributed by atoms with Crippen LogP contribution in [0.4, 0.5) is 0 Å². The molecule has 1 aromatic rings. The molecule has 52 valence electrons. The van der Waals surface area contributed by atoms with Gasteiger partial charge in [-0.25, -0.2) is 0 Å². The molecule has 0 saturated carbocycles. The van der Waals surface area contributed by atoms with Gasteiger partial charge >= 0.3 is 0 Å². The number of benzene rings is 1. The molecule has 1 N–H and O–H groups in total. The Labute approximate surface area is 62.8 Å². The third kappa shape index (κ3) is 1.45. The third-order valence-electron chi connectivity index (χ3n) is 1.26. The highest BCUT2D eigenvalue weighted by Crippen LogP contribution is 1.96. The van der Waals surface area contributed by atoms with E-state index in [1.165, 1.54) is 0 Å². The van der Waals surface area contributed by atoms with E-state index in [2.05, 4.69) is 4.98 Å². The molecule has 0 radical (unpaired) electrons. The van der Waals surface area contributed by atoms with Crippen LogP contribution in [0.3, 0.4) is 0 Å². The average Bonchev–Trinajstić information content (AvgIpc) is 2.05. The zero-order valence-corrected chi connectivity index (χ0v) is 7.79. The summed E-state index contributed by atoms with van der Waals surface area (Å²) in [6.45, 7) is 0. The number of amides is 1. The van der Waals surface area contributed by atoms with Crippen molar-refractivity contribution in [3.8, 4) is 0 Å². The molecule has 0 heterocycles. The van der Waals surface area contributed by atoms with Gasteiger partial charge in [-0.3, -0.25) is 4.79 Å². The minimum absolute atomic E-state index is 0.0206. The fourth-order valence-corrected chi connectivity index (χ4v) is 1.02. The van der Waals surface area contributed by atoms with E-state index in [1.807, 2.05) is 18.2 Å². The van der Waals surface area contributed by atoms with E-state index in [0.717, 1.165) is 5.56 Å². The van der Waals surface area contributed by atoms with Gasteiger partial charge < -0.3 is 4.98 Å². The van der Waals surface area contributed by atoms with E-state index in [-0.39, 0.29) is 5.91 Å². The van der Waals surface area contributed by atoms with Gasteiger partial charge in [-0.15, -0.1) is 0 Å². The van der Waals surface area contributed by atoms with Gasteiger partial charge in [-0.2, -0.15) is 0 Å². The normalized spacial score (nSPS) is 9.20. The molecule has 3 heteroatoms. The summed E-state index contributed by atoms with van der Waals surface area (Å²) >= 11 is 0. The highest BCUT2D eigenvalue weighted by atomic mass is 28.2. The lowest BCUT2D eigenvalue weighted by molar-refractivity contribution is 0.0981. The number of hydrogen-bond donors (Lipinski definition) is 1. The Kier molecular flexibility index (Phi) is 2.23.